The molecule has 0 saturated carbocycles. The largest absolute Gasteiger partial charge is 0.328 e. The first-order valence-electron chi connectivity index (χ1n) is 4.19. The van der Waals surface area contributed by atoms with Crippen molar-refractivity contribution in [1.29, 1.82) is 0 Å². The lowest BCUT2D eigenvalue weighted by molar-refractivity contribution is 0.738. The lowest BCUT2D eigenvalue weighted by atomic mass is 10.1. The van der Waals surface area contributed by atoms with Crippen LogP contribution in [0.3, 0.4) is 0 Å². The molecule has 1 rings (SSSR count). The molecule has 0 fully saturated rings. The summed E-state index contributed by atoms with van der Waals surface area (Å²) in [5, 5.41) is 0. The number of nitrogens with two attached hydrogens (primary N) is 1. The Labute approximate surface area is 73.9 Å². The van der Waals surface area contributed by atoms with Crippen LogP contribution in [0.4, 0.5) is 0 Å². The Kier molecular flexibility index (Phi) is 3.06. The molecule has 0 aliphatic carbocycles. The second-order valence-electron chi connectivity index (χ2n) is 3.13. The predicted octanol–water partition coefficient (Wildman–Crippen LogP) is 2.22. The van der Waals surface area contributed by atoms with Gasteiger partial charge in [-0.25, -0.2) is 0 Å². The molecule has 0 bridgehead atoms. The average molecular weight is 161 g/mol. The fourth-order valence-corrected chi connectivity index (χ4v) is 1.16. The summed E-state index contributed by atoms with van der Waals surface area (Å²) in [4.78, 5) is 0. The van der Waals surface area contributed by atoms with Crippen molar-refractivity contribution in [3.8, 4) is 0 Å². The van der Waals surface area contributed by atoms with Crippen molar-refractivity contribution in [3.05, 3.63) is 42.0 Å². The molecule has 1 heteroatoms. The zero-order valence-electron chi connectivity index (χ0n) is 7.46. The van der Waals surface area contributed by atoms with Crippen LogP contribution < -0.4 is 5.73 Å². The van der Waals surface area contributed by atoms with Crippen LogP contribution in [-0.4, -0.2) is 6.04 Å². The van der Waals surface area contributed by atoms with E-state index in [1.165, 1.54) is 5.56 Å². The highest BCUT2D eigenvalue weighted by Crippen LogP contribution is 2.06. The third kappa shape index (κ3) is 2.51. The quantitative estimate of drug-likeness (QED) is 0.722. The minimum absolute atomic E-state index is 0.236. The maximum Gasteiger partial charge on any atom is 0.00509 e. The Morgan fingerprint density at radius 2 is 2.00 bits per heavy atom. The van der Waals surface area contributed by atoms with E-state index in [2.05, 4.69) is 30.8 Å². The molecular formula is C11H15N. The average Bonchev–Trinajstić information content (AvgIpc) is 2.05. The molecule has 1 unspecified atom stereocenters. The van der Waals surface area contributed by atoms with Crippen LogP contribution in [0.5, 0.6) is 0 Å². The van der Waals surface area contributed by atoms with Crippen LogP contribution in [0, 0.1) is 0 Å². The Bertz CT molecular complexity index is 246. The van der Waals surface area contributed by atoms with Gasteiger partial charge in [0.25, 0.3) is 0 Å². The number of hydrogen-bond donors (Lipinski definition) is 1. The van der Waals surface area contributed by atoms with Crippen molar-refractivity contribution < 1.29 is 0 Å². The molecule has 0 spiro atoms. The maximum atomic E-state index is 5.67. The van der Waals surface area contributed by atoms with Crippen LogP contribution in [-0.2, 0) is 6.42 Å². The zero-order valence-corrected chi connectivity index (χ0v) is 7.46. The second kappa shape index (κ2) is 4.07. The molecule has 2 N–H and O–H groups in total. The van der Waals surface area contributed by atoms with Gasteiger partial charge in [0.1, 0.15) is 0 Å². The molecule has 0 radical (unpaired) electrons. The minimum Gasteiger partial charge on any atom is -0.328 e. The van der Waals surface area contributed by atoms with Gasteiger partial charge in [0.05, 0.1) is 0 Å². The van der Waals surface area contributed by atoms with Crippen LogP contribution in [0.25, 0.3) is 6.08 Å². The van der Waals surface area contributed by atoms with E-state index in [-0.39, 0.29) is 6.04 Å². The van der Waals surface area contributed by atoms with Crippen LogP contribution in [0.2, 0.25) is 0 Å². The number of benzene rings is 1. The van der Waals surface area contributed by atoms with E-state index in [4.69, 9.17) is 5.73 Å². The van der Waals surface area contributed by atoms with Gasteiger partial charge in [-0.15, -0.1) is 0 Å². The van der Waals surface area contributed by atoms with Gasteiger partial charge in [-0.2, -0.15) is 0 Å². The highest BCUT2D eigenvalue weighted by Gasteiger charge is 1.96. The van der Waals surface area contributed by atoms with Crippen molar-refractivity contribution in [2.45, 2.75) is 19.4 Å². The highest BCUT2D eigenvalue weighted by molar-refractivity contribution is 5.47. The van der Waals surface area contributed by atoms with Gasteiger partial charge < -0.3 is 5.73 Å². The van der Waals surface area contributed by atoms with Crippen LogP contribution in [0.15, 0.2) is 30.8 Å². The Balaban J connectivity index is 2.71. The van der Waals surface area contributed by atoms with Gasteiger partial charge >= 0.3 is 0 Å². The summed E-state index contributed by atoms with van der Waals surface area (Å²) in [6, 6.07) is 8.55. The summed E-state index contributed by atoms with van der Waals surface area (Å²) in [5.41, 5.74) is 8.12. The molecule has 1 aromatic carbocycles. The Morgan fingerprint density at radius 1 is 1.42 bits per heavy atom. The van der Waals surface area contributed by atoms with Crippen molar-refractivity contribution in [1.82, 2.24) is 0 Å². The summed E-state index contributed by atoms with van der Waals surface area (Å²) < 4.78 is 0. The van der Waals surface area contributed by atoms with E-state index in [0.29, 0.717) is 0 Å². The standard InChI is InChI=1S/C11H15N/c1-3-10-4-6-11(7-5-10)8-9(2)12/h3-7,9H,1,8,12H2,2H3. The van der Waals surface area contributed by atoms with Crippen LogP contribution in [0.1, 0.15) is 18.1 Å². The van der Waals surface area contributed by atoms with Crippen molar-refractivity contribution in [3.63, 3.8) is 0 Å². The van der Waals surface area contributed by atoms with Crippen molar-refractivity contribution >= 4 is 6.08 Å². The summed E-state index contributed by atoms with van der Waals surface area (Å²) in [6.07, 6.45) is 2.78. The molecule has 0 saturated heterocycles. The lowest BCUT2D eigenvalue weighted by Gasteiger charge is -2.04. The summed E-state index contributed by atoms with van der Waals surface area (Å²) in [6.45, 7) is 5.71. The molecule has 0 aliphatic rings. The molecule has 1 nitrogen and oxygen atoms in total. The predicted molar refractivity (Wildman–Crippen MR) is 53.9 cm³/mol. The van der Waals surface area contributed by atoms with E-state index in [9.17, 15) is 0 Å². The summed E-state index contributed by atoms with van der Waals surface area (Å²) in [5.74, 6) is 0. The molecule has 0 aromatic heterocycles. The van der Waals surface area contributed by atoms with Gasteiger partial charge in [-0.1, -0.05) is 36.9 Å². The first kappa shape index (κ1) is 9.01. The van der Waals surface area contributed by atoms with Gasteiger partial charge in [-0.05, 0) is 24.5 Å². The summed E-state index contributed by atoms with van der Waals surface area (Å²) in [7, 11) is 0. The Morgan fingerprint density at radius 3 is 2.42 bits per heavy atom. The van der Waals surface area contributed by atoms with Gasteiger partial charge in [0.2, 0.25) is 0 Å². The third-order valence-electron chi connectivity index (χ3n) is 1.77. The van der Waals surface area contributed by atoms with Crippen molar-refractivity contribution in [2.24, 2.45) is 5.73 Å². The van der Waals surface area contributed by atoms with E-state index in [1.807, 2.05) is 13.0 Å². The van der Waals surface area contributed by atoms with E-state index in [1.54, 1.807) is 0 Å². The van der Waals surface area contributed by atoms with Gasteiger partial charge in [-0.3, -0.25) is 0 Å². The first-order chi connectivity index (χ1) is 5.72. The molecule has 64 valence electrons. The fraction of sp³-hybridized carbons (Fsp3) is 0.273. The highest BCUT2D eigenvalue weighted by atomic mass is 14.6. The molecule has 1 atom stereocenters. The lowest BCUT2D eigenvalue weighted by Crippen LogP contribution is -2.17. The molecule has 12 heavy (non-hydrogen) atoms. The van der Waals surface area contributed by atoms with Gasteiger partial charge in [0.15, 0.2) is 0 Å². The fourth-order valence-electron chi connectivity index (χ4n) is 1.16. The Hall–Kier alpha value is -1.08. The monoisotopic (exact) mass is 161 g/mol. The third-order valence-corrected chi connectivity index (χ3v) is 1.77. The van der Waals surface area contributed by atoms with Gasteiger partial charge in [0, 0.05) is 6.04 Å². The van der Waals surface area contributed by atoms with Crippen LogP contribution >= 0.6 is 0 Å². The van der Waals surface area contributed by atoms with E-state index >= 15 is 0 Å². The topological polar surface area (TPSA) is 26.0 Å². The molecule has 1 aromatic rings. The normalized spacial score (nSPS) is 12.5. The molecule has 0 amide bonds. The smallest absolute Gasteiger partial charge is 0.00509 e. The molecule has 0 aliphatic heterocycles. The first-order valence-corrected chi connectivity index (χ1v) is 4.19. The molecular weight excluding hydrogens is 146 g/mol. The van der Waals surface area contributed by atoms with E-state index in [0.717, 1.165) is 12.0 Å². The van der Waals surface area contributed by atoms with Crippen molar-refractivity contribution in [2.75, 3.05) is 0 Å². The number of hydrogen-bond acceptors (Lipinski definition) is 1. The maximum absolute atomic E-state index is 5.67. The van der Waals surface area contributed by atoms with E-state index < -0.39 is 0 Å². The minimum atomic E-state index is 0.236. The zero-order chi connectivity index (χ0) is 8.97. The second-order valence-corrected chi connectivity index (χ2v) is 3.13. The summed E-state index contributed by atoms with van der Waals surface area (Å²) >= 11 is 0. The number of rotatable bonds is 3. The molecule has 0 heterocycles. The SMILES string of the molecule is C=Cc1ccc(CC(C)N)cc1.